The Kier molecular flexibility index (Phi) is 2.65. The van der Waals surface area contributed by atoms with Crippen LogP contribution in [-0.4, -0.2) is 21.3 Å². The Bertz CT molecular complexity index is 347. The van der Waals surface area contributed by atoms with Crippen LogP contribution in [0.2, 0.25) is 0 Å². The minimum atomic E-state index is -1.08. The van der Waals surface area contributed by atoms with Crippen molar-refractivity contribution in [1.82, 2.24) is 0 Å². The van der Waals surface area contributed by atoms with Crippen LogP contribution < -0.4 is 0 Å². The Balaban J connectivity index is 3.27. The molecule has 0 bridgehead atoms. The Morgan fingerprint density at radius 2 is 1.71 bits per heavy atom. The minimum absolute atomic E-state index is 0.0584. The van der Waals surface area contributed by atoms with Crippen LogP contribution in [0.5, 0.6) is 11.5 Å². The van der Waals surface area contributed by atoms with Gasteiger partial charge in [0, 0.05) is 5.56 Å². The number of hydrogen-bond donors (Lipinski definition) is 3. The van der Waals surface area contributed by atoms with E-state index < -0.39 is 11.9 Å². The zero-order valence-corrected chi connectivity index (χ0v) is 7.98. The molecule has 4 heteroatoms. The van der Waals surface area contributed by atoms with Gasteiger partial charge in [0.2, 0.25) is 0 Å². The van der Waals surface area contributed by atoms with E-state index in [1.165, 1.54) is 19.1 Å². The molecule has 0 aliphatic rings. The zero-order valence-electron chi connectivity index (χ0n) is 7.98. The predicted octanol–water partition coefficient (Wildman–Crippen LogP) is 1.59. The molecule has 1 aromatic carbocycles. The van der Waals surface area contributed by atoms with E-state index in [0.717, 1.165) is 0 Å². The number of aromatic hydroxyl groups is 2. The van der Waals surface area contributed by atoms with E-state index in [4.69, 9.17) is 5.11 Å². The second-order valence-electron chi connectivity index (χ2n) is 3.28. The third-order valence-corrected chi connectivity index (χ3v) is 2.08. The van der Waals surface area contributed by atoms with Gasteiger partial charge in [-0.2, -0.15) is 0 Å². The summed E-state index contributed by atoms with van der Waals surface area (Å²) in [6, 6.07) is 2.85. The Morgan fingerprint density at radius 3 is 2.07 bits per heavy atom. The fraction of sp³-hybridized carbons (Fsp3) is 0.300. The summed E-state index contributed by atoms with van der Waals surface area (Å²) in [5, 5.41) is 27.7. The van der Waals surface area contributed by atoms with Crippen molar-refractivity contribution in [2.75, 3.05) is 0 Å². The topological polar surface area (TPSA) is 77.8 Å². The highest BCUT2D eigenvalue weighted by molar-refractivity contribution is 5.78. The van der Waals surface area contributed by atoms with Gasteiger partial charge in [0.15, 0.2) is 0 Å². The maximum Gasteiger partial charge on any atom is 0.310 e. The molecular formula is C10H12O4. The van der Waals surface area contributed by atoms with Crippen molar-refractivity contribution in [3.8, 4) is 11.5 Å². The summed E-state index contributed by atoms with van der Waals surface area (Å²) in [5.41, 5.74) is 0.740. The standard InChI is InChI=1S/C10H12O4/c1-5-3-7(11)9(8(12)4-5)6(2)10(13)14/h3-4,6,11-12H,1-2H3,(H,13,14). The van der Waals surface area contributed by atoms with Crippen molar-refractivity contribution in [1.29, 1.82) is 0 Å². The summed E-state index contributed by atoms with van der Waals surface area (Å²) in [7, 11) is 0. The molecule has 0 radical (unpaired) electrons. The first-order valence-corrected chi connectivity index (χ1v) is 4.18. The molecule has 4 nitrogen and oxygen atoms in total. The molecule has 0 aliphatic carbocycles. The molecule has 3 N–H and O–H groups in total. The number of aryl methyl sites for hydroxylation is 1. The third kappa shape index (κ3) is 1.79. The van der Waals surface area contributed by atoms with Crippen LogP contribution in [0.3, 0.4) is 0 Å². The van der Waals surface area contributed by atoms with Crippen molar-refractivity contribution in [3.05, 3.63) is 23.3 Å². The summed E-state index contributed by atoms with van der Waals surface area (Å²) in [4.78, 5) is 10.7. The van der Waals surface area contributed by atoms with E-state index in [0.29, 0.717) is 5.56 Å². The second kappa shape index (κ2) is 3.57. The number of rotatable bonds is 2. The summed E-state index contributed by atoms with van der Waals surface area (Å²) in [6.07, 6.45) is 0. The summed E-state index contributed by atoms with van der Waals surface area (Å²) in [5.74, 6) is -2.37. The molecule has 1 atom stereocenters. The van der Waals surface area contributed by atoms with Crippen LogP contribution in [-0.2, 0) is 4.79 Å². The summed E-state index contributed by atoms with van der Waals surface area (Å²) >= 11 is 0. The number of phenolic OH excluding ortho intramolecular Hbond substituents is 2. The maximum absolute atomic E-state index is 10.7. The summed E-state index contributed by atoms with van der Waals surface area (Å²) in [6.45, 7) is 3.11. The molecule has 76 valence electrons. The van der Waals surface area contributed by atoms with Gasteiger partial charge >= 0.3 is 5.97 Å². The van der Waals surface area contributed by atoms with Crippen LogP contribution in [0, 0.1) is 6.92 Å². The van der Waals surface area contributed by atoms with Crippen LogP contribution in [0.15, 0.2) is 12.1 Å². The lowest BCUT2D eigenvalue weighted by molar-refractivity contribution is -0.138. The van der Waals surface area contributed by atoms with Crippen LogP contribution in [0.4, 0.5) is 0 Å². The molecule has 1 aromatic rings. The van der Waals surface area contributed by atoms with Crippen molar-refractivity contribution < 1.29 is 20.1 Å². The Hall–Kier alpha value is -1.71. The molecule has 0 amide bonds. The molecule has 0 aromatic heterocycles. The van der Waals surface area contributed by atoms with Gasteiger partial charge in [0.25, 0.3) is 0 Å². The lowest BCUT2D eigenvalue weighted by atomic mass is 9.98. The number of carboxylic acids is 1. The van der Waals surface area contributed by atoms with Crippen LogP contribution >= 0.6 is 0 Å². The molecule has 0 fully saturated rings. The van der Waals surface area contributed by atoms with Gasteiger partial charge in [0.1, 0.15) is 11.5 Å². The fourth-order valence-electron chi connectivity index (χ4n) is 1.33. The highest BCUT2D eigenvalue weighted by Crippen LogP contribution is 2.34. The highest BCUT2D eigenvalue weighted by Gasteiger charge is 2.21. The molecule has 0 spiro atoms. The van der Waals surface area contributed by atoms with Gasteiger partial charge in [-0.25, -0.2) is 0 Å². The number of hydrogen-bond acceptors (Lipinski definition) is 3. The molecule has 0 aliphatic heterocycles. The van der Waals surface area contributed by atoms with Gasteiger partial charge in [-0.15, -0.1) is 0 Å². The first kappa shape index (κ1) is 10.4. The Morgan fingerprint density at radius 1 is 1.29 bits per heavy atom. The first-order chi connectivity index (χ1) is 6.43. The SMILES string of the molecule is Cc1cc(O)c(C(C)C(=O)O)c(O)c1. The zero-order chi connectivity index (χ0) is 10.9. The number of carbonyl (C=O) groups is 1. The van der Waals surface area contributed by atoms with Crippen LogP contribution in [0.25, 0.3) is 0 Å². The smallest absolute Gasteiger partial charge is 0.310 e. The molecule has 0 saturated carbocycles. The van der Waals surface area contributed by atoms with Crippen molar-refractivity contribution in [2.45, 2.75) is 19.8 Å². The largest absolute Gasteiger partial charge is 0.507 e. The predicted molar refractivity (Wildman–Crippen MR) is 50.6 cm³/mol. The maximum atomic E-state index is 10.7. The monoisotopic (exact) mass is 196 g/mol. The molecule has 0 saturated heterocycles. The molecule has 1 rings (SSSR count). The van der Waals surface area contributed by atoms with Gasteiger partial charge in [-0.3, -0.25) is 4.79 Å². The van der Waals surface area contributed by atoms with Gasteiger partial charge < -0.3 is 15.3 Å². The lowest BCUT2D eigenvalue weighted by Gasteiger charge is -2.11. The van der Waals surface area contributed by atoms with Gasteiger partial charge in [0.05, 0.1) is 5.92 Å². The van der Waals surface area contributed by atoms with E-state index in [1.807, 2.05) is 0 Å². The quantitative estimate of drug-likeness (QED) is 0.671. The average molecular weight is 196 g/mol. The molecule has 0 heterocycles. The van der Waals surface area contributed by atoms with Gasteiger partial charge in [-0.05, 0) is 31.5 Å². The molecule has 1 unspecified atom stereocenters. The normalized spacial score (nSPS) is 12.4. The minimum Gasteiger partial charge on any atom is -0.507 e. The average Bonchev–Trinajstić information content (AvgIpc) is 2.01. The van der Waals surface area contributed by atoms with E-state index in [2.05, 4.69) is 0 Å². The second-order valence-corrected chi connectivity index (χ2v) is 3.28. The summed E-state index contributed by atoms with van der Waals surface area (Å²) < 4.78 is 0. The lowest BCUT2D eigenvalue weighted by Crippen LogP contribution is -2.08. The van der Waals surface area contributed by atoms with Crippen molar-refractivity contribution in [2.24, 2.45) is 0 Å². The first-order valence-electron chi connectivity index (χ1n) is 4.18. The van der Waals surface area contributed by atoms with Crippen molar-refractivity contribution in [3.63, 3.8) is 0 Å². The van der Waals surface area contributed by atoms with Crippen LogP contribution in [0.1, 0.15) is 24.0 Å². The number of phenols is 2. The van der Waals surface area contributed by atoms with E-state index in [1.54, 1.807) is 6.92 Å². The highest BCUT2D eigenvalue weighted by atomic mass is 16.4. The van der Waals surface area contributed by atoms with E-state index in [-0.39, 0.29) is 17.1 Å². The van der Waals surface area contributed by atoms with E-state index >= 15 is 0 Å². The Labute approximate surface area is 81.4 Å². The number of aliphatic carboxylic acids is 1. The van der Waals surface area contributed by atoms with E-state index in [9.17, 15) is 15.0 Å². The fourth-order valence-corrected chi connectivity index (χ4v) is 1.33. The van der Waals surface area contributed by atoms with Crippen molar-refractivity contribution >= 4 is 5.97 Å². The molecule has 14 heavy (non-hydrogen) atoms. The number of benzene rings is 1. The van der Waals surface area contributed by atoms with Gasteiger partial charge in [-0.1, -0.05) is 0 Å². The molecular weight excluding hydrogens is 184 g/mol. The number of carboxylic acid groups (broad SMARTS) is 1. The third-order valence-electron chi connectivity index (χ3n) is 2.08.